The monoisotopic (exact) mass is 292 g/mol. The molecule has 0 atom stereocenters. The van der Waals surface area contributed by atoms with Gasteiger partial charge in [-0.05, 0) is 19.3 Å². The molecule has 1 aliphatic rings. The summed E-state index contributed by atoms with van der Waals surface area (Å²) in [6.45, 7) is 1.86. The molecule has 1 aliphatic heterocycles. The van der Waals surface area contributed by atoms with Crippen LogP contribution in [0.1, 0.15) is 35.2 Å². The van der Waals surface area contributed by atoms with Crippen molar-refractivity contribution in [1.82, 2.24) is 5.01 Å². The molecule has 0 amide bonds. The van der Waals surface area contributed by atoms with Gasteiger partial charge in [-0.2, -0.15) is 5.10 Å². The van der Waals surface area contributed by atoms with Gasteiger partial charge in [-0.1, -0.05) is 60.7 Å². The van der Waals surface area contributed by atoms with Crippen molar-refractivity contribution in [1.29, 1.82) is 0 Å². The molecule has 0 spiro atoms. The van der Waals surface area contributed by atoms with Gasteiger partial charge < -0.3 is 0 Å². The summed E-state index contributed by atoms with van der Waals surface area (Å²) < 4.78 is 0. The molecule has 0 N–H and O–H groups in total. The van der Waals surface area contributed by atoms with Crippen LogP contribution in [-0.4, -0.2) is 29.6 Å². The van der Waals surface area contributed by atoms with Crippen LogP contribution in [0.5, 0.6) is 0 Å². The van der Waals surface area contributed by atoms with Crippen LogP contribution in [0.2, 0.25) is 0 Å². The quantitative estimate of drug-likeness (QED) is 0.635. The topological polar surface area (TPSA) is 32.7 Å². The fraction of sp³-hybridized carbons (Fsp3) is 0.263. The smallest absolute Gasteiger partial charge is 0.213 e. The summed E-state index contributed by atoms with van der Waals surface area (Å²) in [7, 11) is 0. The zero-order valence-electron chi connectivity index (χ0n) is 12.6. The molecule has 0 radical (unpaired) electrons. The number of benzene rings is 2. The molecule has 2 aromatic carbocycles. The zero-order valence-corrected chi connectivity index (χ0v) is 12.6. The van der Waals surface area contributed by atoms with E-state index in [0.29, 0.717) is 11.3 Å². The standard InChI is InChI=1S/C19H20N2O/c22-19(17-12-6-2-7-13-17)18(16-10-4-1-5-11-16)20-21-14-8-3-9-15-21/h1-2,4-7,10-13H,3,8-9,14-15H2. The van der Waals surface area contributed by atoms with Gasteiger partial charge in [0.05, 0.1) is 0 Å². The fourth-order valence-corrected chi connectivity index (χ4v) is 2.68. The number of Topliss-reactive ketones (excluding diaryl/α,β-unsaturated/α-hetero) is 1. The largest absolute Gasteiger partial charge is 0.296 e. The van der Waals surface area contributed by atoms with E-state index in [9.17, 15) is 4.79 Å². The van der Waals surface area contributed by atoms with Crippen LogP contribution in [0, 0.1) is 0 Å². The predicted molar refractivity (Wildman–Crippen MR) is 89.2 cm³/mol. The molecule has 3 rings (SSSR count). The van der Waals surface area contributed by atoms with Gasteiger partial charge in [-0.25, -0.2) is 0 Å². The van der Waals surface area contributed by atoms with E-state index >= 15 is 0 Å². The molecule has 1 fully saturated rings. The average Bonchev–Trinajstić information content (AvgIpc) is 2.61. The lowest BCUT2D eigenvalue weighted by Gasteiger charge is -2.24. The van der Waals surface area contributed by atoms with Crippen LogP contribution in [-0.2, 0) is 0 Å². The summed E-state index contributed by atoms with van der Waals surface area (Å²) in [5, 5.41) is 6.72. The Morgan fingerprint density at radius 3 is 1.91 bits per heavy atom. The van der Waals surface area contributed by atoms with Gasteiger partial charge in [0.2, 0.25) is 5.78 Å². The Morgan fingerprint density at radius 2 is 1.32 bits per heavy atom. The van der Waals surface area contributed by atoms with Gasteiger partial charge in [0, 0.05) is 24.2 Å². The highest BCUT2D eigenvalue weighted by Gasteiger charge is 2.18. The van der Waals surface area contributed by atoms with E-state index in [4.69, 9.17) is 0 Å². The van der Waals surface area contributed by atoms with Crippen molar-refractivity contribution in [2.45, 2.75) is 19.3 Å². The number of carbonyl (C=O) groups is 1. The zero-order chi connectivity index (χ0) is 15.2. The molecule has 22 heavy (non-hydrogen) atoms. The third-order valence-corrected chi connectivity index (χ3v) is 3.87. The van der Waals surface area contributed by atoms with Crippen molar-refractivity contribution >= 4 is 11.5 Å². The summed E-state index contributed by atoms with van der Waals surface area (Å²) in [5.41, 5.74) is 2.10. The van der Waals surface area contributed by atoms with E-state index in [1.807, 2.05) is 65.7 Å². The second kappa shape index (κ2) is 7.03. The van der Waals surface area contributed by atoms with Crippen LogP contribution < -0.4 is 0 Å². The molecule has 112 valence electrons. The normalized spacial score (nSPS) is 15.6. The number of carbonyl (C=O) groups excluding carboxylic acids is 1. The molecule has 0 bridgehead atoms. The lowest BCUT2D eigenvalue weighted by Crippen LogP contribution is -2.28. The summed E-state index contributed by atoms with van der Waals surface area (Å²) in [4.78, 5) is 12.9. The maximum Gasteiger partial charge on any atom is 0.213 e. The van der Waals surface area contributed by atoms with Crippen molar-refractivity contribution < 1.29 is 4.79 Å². The lowest BCUT2D eigenvalue weighted by molar-refractivity contribution is 0.106. The first-order valence-electron chi connectivity index (χ1n) is 7.83. The Labute approximate surface area is 131 Å². The van der Waals surface area contributed by atoms with E-state index < -0.39 is 0 Å². The molecule has 3 nitrogen and oxygen atoms in total. The third-order valence-electron chi connectivity index (χ3n) is 3.87. The van der Waals surface area contributed by atoms with E-state index in [1.165, 1.54) is 6.42 Å². The van der Waals surface area contributed by atoms with Crippen LogP contribution in [0.25, 0.3) is 0 Å². The van der Waals surface area contributed by atoms with E-state index in [0.717, 1.165) is 31.5 Å². The van der Waals surface area contributed by atoms with Gasteiger partial charge in [-0.3, -0.25) is 9.80 Å². The van der Waals surface area contributed by atoms with Crippen molar-refractivity contribution in [2.24, 2.45) is 5.10 Å². The second-order valence-corrected chi connectivity index (χ2v) is 5.52. The van der Waals surface area contributed by atoms with Crippen LogP contribution in [0.15, 0.2) is 65.8 Å². The lowest BCUT2D eigenvalue weighted by atomic mass is 10.0. The van der Waals surface area contributed by atoms with Gasteiger partial charge in [0.15, 0.2) is 0 Å². The minimum atomic E-state index is -0.0163. The predicted octanol–water partition coefficient (Wildman–Crippen LogP) is 3.76. The maximum atomic E-state index is 12.9. The molecule has 1 saturated heterocycles. The fourth-order valence-electron chi connectivity index (χ4n) is 2.68. The average molecular weight is 292 g/mol. The highest BCUT2D eigenvalue weighted by molar-refractivity contribution is 6.51. The van der Waals surface area contributed by atoms with Gasteiger partial charge in [0.1, 0.15) is 5.71 Å². The Morgan fingerprint density at radius 1 is 0.773 bits per heavy atom. The Kier molecular flexibility index (Phi) is 4.64. The summed E-state index contributed by atoms with van der Waals surface area (Å²) in [6.07, 6.45) is 3.54. The van der Waals surface area contributed by atoms with Crippen molar-refractivity contribution in [3.63, 3.8) is 0 Å². The minimum Gasteiger partial charge on any atom is -0.296 e. The van der Waals surface area contributed by atoms with Crippen LogP contribution >= 0.6 is 0 Å². The minimum absolute atomic E-state index is 0.0163. The number of nitrogens with zero attached hydrogens (tertiary/aromatic N) is 2. The van der Waals surface area contributed by atoms with Gasteiger partial charge in [-0.15, -0.1) is 0 Å². The number of hydrogen-bond acceptors (Lipinski definition) is 3. The van der Waals surface area contributed by atoms with Crippen molar-refractivity contribution in [3.8, 4) is 0 Å². The number of piperidine rings is 1. The molecule has 2 aromatic rings. The Hall–Kier alpha value is -2.42. The Balaban J connectivity index is 1.96. The first-order chi connectivity index (χ1) is 10.8. The second-order valence-electron chi connectivity index (χ2n) is 5.52. The molecule has 0 aromatic heterocycles. The van der Waals surface area contributed by atoms with E-state index in [2.05, 4.69) is 5.10 Å². The molecular weight excluding hydrogens is 272 g/mol. The first kappa shape index (κ1) is 14.5. The molecule has 0 unspecified atom stereocenters. The molecular formula is C19H20N2O. The molecule has 0 saturated carbocycles. The van der Waals surface area contributed by atoms with Gasteiger partial charge in [0.25, 0.3) is 0 Å². The number of hydrogen-bond donors (Lipinski definition) is 0. The summed E-state index contributed by atoms with van der Waals surface area (Å²) in [6, 6.07) is 19.1. The molecule has 3 heteroatoms. The number of hydrazone groups is 1. The van der Waals surface area contributed by atoms with Crippen LogP contribution in [0.4, 0.5) is 0 Å². The number of rotatable bonds is 4. The maximum absolute atomic E-state index is 12.9. The summed E-state index contributed by atoms with van der Waals surface area (Å²) in [5.74, 6) is -0.0163. The van der Waals surface area contributed by atoms with Crippen molar-refractivity contribution in [2.75, 3.05) is 13.1 Å². The Bertz CT molecular complexity index is 644. The van der Waals surface area contributed by atoms with Crippen LogP contribution in [0.3, 0.4) is 0 Å². The summed E-state index contributed by atoms with van der Waals surface area (Å²) >= 11 is 0. The highest BCUT2D eigenvalue weighted by Crippen LogP contribution is 2.14. The van der Waals surface area contributed by atoms with Crippen molar-refractivity contribution in [3.05, 3.63) is 71.8 Å². The van der Waals surface area contributed by atoms with E-state index in [-0.39, 0.29) is 5.78 Å². The van der Waals surface area contributed by atoms with E-state index in [1.54, 1.807) is 0 Å². The number of ketones is 1. The highest BCUT2D eigenvalue weighted by atomic mass is 16.1. The molecule has 0 aliphatic carbocycles. The first-order valence-corrected chi connectivity index (χ1v) is 7.83. The molecule has 1 heterocycles. The third kappa shape index (κ3) is 3.42. The van der Waals surface area contributed by atoms with Gasteiger partial charge >= 0.3 is 0 Å². The SMILES string of the molecule is O=C(C(=NN1CCCCC1)c1ccccc1)c1ccccc1.